The van der Waals surface area contributed by atoms with Gasteiger partial charge in [0, 0.05) is 5.56 Å². The quantitative estimate of drug-likeness (QED) is 0.190. The first-order valence-electron chi connectivity index (χ1n) is 14.4. The van der Waals surface area contributed by atoms with Gasteiger partial charge in [-0.15, -0.1) is 18.3 Å². The second kappa shape index (κ2) is 13.7. The molecule has 2 unspecified atom stereocenters. The molecule has 46 heavy (non-hydrogen) atoms. The van der Waals surface area contributed by atoms with Crippen LogP contribution in [0.4, 0.5) is 28.0 Å². The first-order valence-corrected chi connectivity index (χ1v) is 15.4. The summed E-state index contributed by atoms with van der Waals surface area (Å²) < 4.78 is 58.0. The third kappa shape index (κ3) is 7.73. The highest BCUT2D eigenvalue weighted by atomic mass is 32.2. The molecule has 9 nitrogen and oxygen atoms in total. The molecule has 0 bridgehead atoms. The lowest BCUT2D eigenvalue weighted by molar-refractivity contribution is -0.274. The van der Waals surface area contributed by atoms with Crippen LogP contribution in [0.3, 0.4) is 0 Å². The molecule has 3 aromatic carbocycles. The van der Waals surface area contributed by atoms with Crippen molar-refractivity contribution < 1.29 is 31.9 Å². The van der Waals surface area contributed by atoms with Gasteiger partial charge in [-0.05, 0) is 67.3 Å². The van der Waals surface area contributed by atoms with Crippen LogP contribution in [0.2, 0.25) is 0 Å². The molecule has 2 atom stereocenters. The van der Waals surface area contributed by atoms with Crippen LogP contribution in [0.1, 0.15) is 43.1 Å². The molecule has 0 radical (unpaired) electrons. The van der Waals surface area contributed by atoms with Crippen molar-refractivity contribution in [2.24, 2.45) is 4.99 Å². The molecule has 1 aliphatic rings. The van der Waals surface area contributed by atoms with Gasteiger partial charge in [-0.2, -0.15) is 4.99 Å². The van der Waals surface area contributed by atoms with E-state index < -0.39 is 24.6 Å². The average Bonchev–Trinajstić information content (AvgIpc) is 3.64. The number of anilines is 1. The van der Waals surface area contributed by atoms with E-state index in [9.17, 15) is 22.8 Å². The van der Waals surface area contributed by atoms with Crippen molar-refractivity contribution in [2.45, 2.75) is 52.2 Å². The van der Waals surface area contributed by atoms with Crippen LogP contribution in [0.5, 0.6) is 5.75 Å². The summed E-state index contributed by atoms with van der Waals surface area (Å²) in [6.07, 6.45) is -3.30. The minimum absolute atomic E-state index is 0.148. The SMILES string of the molecule is CCCc1ccc(C)cc1N1C(=O)CSC1=NC(=O)NC(C)C(F)c1ccc(-c2ncn(-c3ccc(OC(F)(F)F)cc3)n2)cc1. The normalized spacial score (nSPS) is 15.7. The lowest BCUT2D eigenvalue weighted by Gasteiger charge is -2.21. The third-order valence-electron chi connectivity index (χ3n) is 7.07. The van der Waals surface area contributed by atoms with Gasteiger partial charge in [-0.1, -0.05) is 61.5 Å². The van der Waals surface area contributed by atoms with E-state index >= 15 is 4.39 Å². The second-order valence-electron chi connectivity index (χ2n) is 10.6. The number of thioether (sulfide) groups is 1. The molecule has 2 heterocycles. The Morgan fingerprint density at radius 3 is 2.50 bits per heavy atom. The van der Waals surface area contributed by atoms with Crippen molar-refractivity contribution in [1.82, 2.24) is 20.1 Å². The number of aryl methyl sites for hydroxylation is 2. The molecule has 240 valence electrons. The summed E-state index contributed by atoms with van der Waals surface area (Å²) in [5.41, 5.74) is 4.00. The highest BCUT2D eigenvalue weighted by Gasteiger charge is 2.33. The number of urea groups is 1. The number of halogens is 4. The molecule has 0 saturated carbocycles. The molecule has 14 heteroatoms. The van der Waals surface area contributed by atoms with Crippen LogP contribution in [0.25, 0.3) is 17.1 Å². The van der Waals surface area contributed by atoms with E-state index in [-0.39, 0.29) is 22.6 Å². The monoisotopic (exact) mass is 654 g/mol. The molecular weight excluding hydrogens is 624 g/mol. The van der Waals surface area contributed by atoms with E-state index in [1.54, 1.807) is 24.3 Å². The molecule has 1 fully saturated rings. The minimum Gasteiger partial charge on any atom is -0.406 e. The van der Waals surface area contributed by atoms with Gasteiger partial charge in [-0.3, -0.25) is 9.69 Å². The summed E-state index contributed by atoms with van der Waals surface area (Å²) in [4.78, 5) is 35.5. The van der Waals surface area contributed by atoms with Gasteiger partial charge in [0.2, 0.25) is 5.91 Å². The van der Waals surface area contributed by atoms with Gasteiger partial charge < -0.3 is 10.1 Å². The Balaban J connectivity index is 1.23. The topological polar surface area (TPSA) is 102 Å². The number of carbonyl (C=O) groups is 2. The zero-order valence-electron chi connectivity index (χ0n) is 25.1. The Morgan fingerprint density at radius 2 is 1.83 bits per heavy atom. The first kappa shape index (κ1) is 32.7. The van der Waals surface area contributed by atoms with Gasteiger partial charge >= 0.3 is 12.4 Å². The fourth-order valence-electron chi connectivity index (χ4n) is 4.86. The van der Waals surface area contributed by atoms with Crippen LogP contribution in [-0.4, -0.2) is 50.0 Å². The van der Waals surface area contributed by atoms with Gasteiger partial charge in [0.05, 0.1) is 23.2 Å². The van der Waals surface area contributed by atoms with Gasteiger partial charge in [0.1, 0.15) is 18.2 Å². The number of hydrogen-bond acceptors (Lipinski definition) is 6. The number of alkyl halides is 4. The summed E-state index contributed by atoms with van der Waals surface area (Å²) in [5.74, 6) is -0.0683. The fourth-order valence-corrected chi connectivity index (χ4v) is 5.71. The van der Waals surface area contributed by atoms with Gasteiger partial charge in [0.15, 0.2) is 11.0 Å². The summed E-state index contributed by atoms with van der Waals surface area (Å²) in [7, 11) is 0. The van der Waals surface area contributed by atoms with Crippen LogP contribution in [0.15, 0.2) is 78.0 Å². The Hall–Kier alpha value is -4.72. The third-order valence-corrected chi connectivity index (χ3v) is 7.99. The van der Waals surface area contributed by atoms with E-state index in [2.05, 4.69) is 25.1 Å². The molecule has 0 spiro atoms. The molecule has 0 aliphatic carbocycles. The smallest absolute Gasteiger partial charge is 0.406 e. The fraction of sp³-hybridized carbons (Fsp3) is 0.281. The predicted molar refractivity (Wildman–Crippen MR) is 168 cm³/mol. The summed E-state index contributed by atoms with van der Waals surface area (Å²) in [6, 6.07) is 15.7. The number of rotatable bonds is 9. The van der Waals surface area contributed by atoms with Crippen molar-refractivity contribution in [2.75, 3.05) is 10.7 Å². The lowest BCUT2D eigenvalue weighted by atomic mass is 10.0. The predicted octanol–water partition coefficient (Wildman–Crippen LogP) is 7.34. The Labute approximate surface area is 266 Å². The van der Waals surface area contributed by atoms with E-state index in [0.29, 0.717) is 28.3 Å². The molecule has 4 aromatic rings. The highest BCUT2D eigenvalue weighted by molar-refractivity contribution is 8.15. The number of hydrogen-bond donors (Lipinski definition) is 1. The van der Waals surface area contributed by atoms with Crippen molar-refractivity contribution in [3.63, 3.8) is 0 Å². The van der Waals surface area contributed by atoms with E-state index in [0.717, 1.165) is 35.7 Å². The number of amides is 3. The van der Waals surface area contributed by atoms with Crippen LogP contribution < -0.4 is 15.0 Å². The van der Waals surface area contributed by atoms with Crippen LogP contribution in [0, 0.1) is 6.92 Å². The second-order valence-corrected chi connectivity index (χ2v) is 11.6. The highest BCUT2D eigenvalue weighted by Crippen LogP contribution is 2.32. The van der Waals surface area contributed by atoms with Crippen LogP contribution >= 0.6 is 11.8 Å². The molecule has 1 saturated heterocycles. The Morgan fingerprint density at radius 1 is 1.11 bits per heavy atom. The number of ether oxygens (including phenoxy) is 1. The summed E-state index contributed by atoms with van der Waals surface area (Å²) in [6.45, 7) is 5.50. The first-order chi connectivity index (χ1) is 21.9. The van der Waals surface area contributed by atoms with Crippen molar-refractivity contribution in [3.05, 3.63) is 89.7 Å². The van der Waals surface area contributed by atoms with Gasteiger partial charge in [0.25, 0.3) is 0 Å². The molecule has 1 aliphatic heterocycles. The average molecular weight is 655 g/mol. The zero-order chi connectivity index (χ0) is 33.0. The van der Waals surface area contributed by atoms with Crippen LogP contribution in [-0.2, 0) is 11.2 Å². The number of aliphatic imine (C=N–C) groups is 1. The van der Waals surface area contributed by atoms with E-state index in [1.165, 1.54) is 47.1 Å². The number of carbonyl (C=O) groups excluding carboxylic acids is 2. The molecule has 3 amide bonds. The Kier molecular flexibility index (Phi) is 9.75. The van der Waals surface area contributed by atoms with Gasteiger partial charge in [-0.25, -0.2) is 18.9 Å². The summed E-state index contributed by atoms with van der Waals surface area (Å²) >= 11 is 1.16. The number of nitrogens with zero attached hydrogens (tertiary/aromatic N) is 5. The van der Waals surface area contributed by atoms with Crippen molar-refractivity contribution in [3.8, 4) is 22.8 Å². The lowest BCUT2D eigenvalue weighted by Crippen LogP contribution is -2.36. The van der Waals surface area contributed by atoms with E-state index in [1.807, 2.05) is 32.0 Å². The standard InChI is InChI=1S/C32H30F4N6O3S/c1-4-5-21-7-6-19(2)16-26(21)42-27(43)17-46-31(42)39-30(44)38-20(3)28(33)22-8-10-23(11-9-22)29-37-18-41(40-29)24-12-14-25(15-13-24)45-32(34,35)36/h6-16,18,20,28H,4-5,17H2,1-3H3,(H,38,44). The number of amidine groups is 1. The number of nitrogens with one attached hydrogen (secondary N) is 1. The summed E-state index contributed by atoms with van der Waals surface area (Å²) in [5, 5.41) is 7.17. The molecular formula is C32H30F4N6O3S. The number of benzene rings is 3. The maximum Gasteiger partial charge on any atom is 0.573 e. The largest absolute Gasteiger partial charge is 0.573 e. The maximum absolute atomic E-state index is 15.4. The molecule has 5 rings (SSSR count). The molecule has 1 aromatic heterocycles. The van der Waals surface area contributed by atoms with Crippen molar-refractivity contribution in [1.29, 1.82) is 0 Å². The maximum atomic E-state index is 15.4. The molecule has 1 N–H and O–H groups in total. The van der Waals surface area contributed by atoms with E-state index in [4.69, 9.17) is 0 Å². The minimum atomic E-state index is -4.79. The Bertz CT molecular complexity index is 1740. The van der Waals surface area contributed by atoms with Crippen molar-refractivity contribution >= 4 is 34.6 Å². The zero-order valence-corrected chi connectivity index (χ0v) is 25.9. The number of aromatic nitrogens is 3.